The second-order valence-corrected chi connectivity index (χ2v) is 4.53. The van der Waals surface area contributed by atoms with E-state index in [9.17, 15) is 4.39 Å². The number of ether oxygens (including phenoxy) is 1. The fourth-order valence-corrected chi connectivity index (χ4v) is 1.90. The average molecular weight is 239 g/mol. The maximum Gasteiger partial charge on any atom is 0.126 e. The zero-order valence-corrected chi connectivity index (χ0v) is 11.1. The molecule has 1 aromatic carbocycles. The molecule has 2 nitrogen and oxygen atoms in total. The molecule has 1 aromatic rings. The summed E-state index contributed by atoms with van der Waals surface area (Å²) in [6, 6.07) is 5.05. The molecule has 0 fully saturated rings. The van der Waals surface area contributed by atoms with E-state index in [0.29, 0.717) is 11.8 Å². The molecule has 0 saturated heterocycles. The highest BCUT2D eigenvalue weighted by Gasteiger charge is 2.11. The van der Waals surface area contributed by atoms with Gasteiger partial charge in [0.1, 0.15) is 11.6 Å². The van der Waals surface area contributed by atoms with E-state index in [1.54, 1.807) is 6.07 Å². The number of rotatable bonds is 6. The highest BCUT2D eigenvalue weighted by Crippen LogP contribution is 2.21. The van der Waals surface area contributed by atoms with Crippen molar-refractivity contribution < 1.29 is 9.13 Å². The molecule has 96 valence electrons. The standard InChI is InChI=1S/C14H22FNO/c1-5-16-11(3)8-12(4)17-14-9-13(15)7-6-10(14)2/h6-7,9,11-12,16H,5,8H2,1-4H3. The van der Waals surface area contributed by atoms with Crippen molar-refractivity contribution >= 4 is 0 Å². The van der Waals surface area contributed by atoms with Crippen LogP contribution in [0.3, 0.4) is 0 Å². The van der Waals surface area contributed by atoms with Crippen LogP contribution in [0.4, 0.5) is 4.39 Å². The lowest BCUT2D eigenvalue weighted by molar-refractivity contribution is 0.194. The van der Waals surface area contributed by atoms with Crippen LogP contribution in [0.25, 0.3) is 0 Å². The van der Waals surface area contributed by atoms with E-state index in [0.717, 1.165) is 18.5 Å². The minimum atomic E-state index is -0.252. The summed E-state index contributed by atoms with van der Waals surface area (Å²) < 4.78 is 18.9. The van der Waals surface area contributed by atoms with Gasteiger partial charge in [0.05, 0.1) is 6.10 Å². The van der Waals surface area contributed by atoms with Crippen molar-refractivity contribution in [1.82, 2.24) is 5.32 Å². The third kappa shape index (κ3) is 4.73. The summed E-state index contributed by atoms with van der Waals surface area (Å²) in [4.78, 5) is 0. The molecular formula is C14H22FNO. The predicted octanol–water partition coefficient (Wildman–Crippen LogP) is 3.29. The first-order valence-electron chi connectivity index (χ1n) is 6.19. The van der Waals surface area contributed by atoms with Crippen LogP contribution in [0.2, 0.25) is 0 Å². The third-order valence-electron chi connectivity index (χ3n) is 2.72. The van der Waals surface area contributed by atoms with Gasteiger partial charge in [-0.3, -0.25) is 0 Å². The van der Waals surface area contributed by atoms with E-state index in [-0.39, 0.29) is 11.9 Å². The van der Waals surface area contributed by atoms with Crippen molar-refractivity contribution in [2.24, 2.45) is 0 Å². The van der Waals surface area contributed by atoms with Crippen LogP contribution < -0.4 is 10.1 Å². The van der Waals surface area contributed by atoms with E-state index in [4.69, 9.17) is 4.74 Å². The Kier molecular flexibility index (Phi) is 5.42. The Bertz CT molecular complexity index is 354. The topological polar surface area (TPSA) is 21.3 Å². The normalized spacial score (nSPS) is 14.4. The second kappa shape index (κ2) is 6.60. The minimum absolute atomic E-state index is 0.0737. The van der Waals surface area contributed by atoms with E-state index in [2.05, 4.69) is 19.2 Å². The Morgan fingerprint density at radius 3 is 2.71 bits per heavy atom. The van der Waals surface area contributed by atoms with Crippen molar-refractivity contribution in [2.75, 3.05) is 6.54 Å². The first-order valence-corrected chi connectivity index (χ1v) is 6.19. The highest BCUT2D eigenvalue weighted by molar-refractivity contribution is 5.32. The Morgan fingerprint density at radius 1 is 1.35 bits per heavy atom. The number of hydrogen-bond donors (Lipinski definition) is 1. The number of hydrogen-bond acceptors (Lipinski definition) is 2. The molecule has 0 aliphatic rings. The van der Waals surface area contributed by atoms with Crippen LogP contribution in [0.15, 0.2) is 18.2 Å². The molecule has 0 heterocycles. The van der Waals surface area contributed by atoms with Crippen LogP contribution in [-0.4, -0.2) is 18.7 Å². The molecule has 3 heteroatoms. The van der Waals surface area contributed by atoms with Crippen molar-refractivity contribution in [3.8, 4) is 5.75 Å². The SMILES string of the molecule is CCNC(C)CC(C)Oc1cc(F)ccc1C. The molecule has 1 rings (SSSR count). The average Bonchev–Trinajstić information content (AvgIpc) is 2.23. The van der Waals surface area contributed by atoms with Crippen LogP contribution in [-0.2, 0) is 0 Å². The summed E-state index contributed by atoms with van der Waals surface area (Å²) in [6.07, 6.45) is 0.980. The lowest BCUT2D eigenvalue weighted by atomic mass is 10.1. The van der Waals surface area contributed by atoms with Gasteiger partial charge in [0.15, 0.2) is 0 Å². The van der Waals surface area contributed by atoms with Crippen LogP contribution in [0.1, 0.15) is 32.8 Å². The van der Waals surface area contributed by atoms with Gasteiger partial charge in [-0.1, -0.05) is 13.0 Å². The lowest BCUT2D eigenvalue weighted by Gasteiger charge is -2.20. The number of halogens is 1. The molecule has 0 aliphatic carbocycles. The molecule has 0 spiro atoms. The third-order valence-corrected chi connectivity index (χ3v) is 2.72. The summed E-state index contributed by atoms with van der Waals surface area (Å²) in [5, 5.41) is 3.33. The maximum atomic E-state index is 13.1. The molecule has 0 saturated carbocycles. The fourth-order valence-electron chi connectivity index (χ4n) is 1.90. The lowest BCUT2D eigenvalue weighted by Crippen LogP contribution is -2.30. The van der Waals surface area contributed by atoms with E-state index in [1.807, 2.05) is 13.8 Å². The summed E-state index contributed by atoms with van der Waals surface area (Å²) in [5.41, 5.74) is 0.967. The fraction of sp³-hybridized carbons (Fsp3) is 0.571. The van der Waals surface area contributed by atoms with E-state index in [1.165, 1.54) is 12.1 Å². The van der Waals surface area contributed by atoms with Gasteiger partial charge in [0, 0.05) is 12.1 Å². The van der Waals surface area contributed by atoms with Gasteiger partial charge in [0.2, 0.25) is 0 Å². The zero-order chi connectivity index (χ0) is 12.8. The molecule has 2 atom stereocenters. The van der Waals surface area contributed by atoms with Gasteiger partial charge in [-0.05, 0) is 45.4 Å². The molecule has 0 aliphatic heterocycles. The Labute approximate surface area is 103 Å². The van der Waals surface area contributed by atoms with Gasteiger partial charge >= 0.3 is 0 Å². The van der Waals surface area contributed by atoms with Gasteiger partial charge in [-0.2, -0.15) is 0 Å². The molecule has 0 radical (unpaired) electrons. The van der Waals surface area contributed by atoms with Gasteiger partial charge in [0.25, 0.3) is 0 Å². The monoisotopic (exact) mass is 239 g/mol. The number of aryl methyl sites for hydroxylation is 1. The molecule has 17 heavy (non-hydrogen) atoms. The number of nitrogens with one attached hydrogen (secondary N) is 1. The maximum absolute atomic E-state index is 13.1. The second-order valence-electron chi connectivity index (χ2n) is 4.53. The number of benzene rings is 1. The van der Waals surface area contributed by atoms with Crippen LogP contribution in [0.5, 0.6) is 5.75 Å². The van der Waals surface area contributed by atoms with Crippen LogP contribution >= 0.6 is 0 Å². The van der Waals surface area contributed by atoms with Gasteiger partial charge in [-0.25, -0.2) is 4.39 Å². The molecule has 0 aromatic heterocycles. The Balaban J connectivity index is 2.55. The van der Waals surface area contributed by atoms with Crippen molar-refractivity contribution in [3.05, 3.63) is 29.6 Å². The molecular weight excluding hydrogens is 217 g/mol. The molecule has 0 amide bonds. The zero-order valence-electron chi connectivity index (χ0n) is 11.1. The predicted molar refractivity (Wildman–Crippen MR) is 69.0 cm³/mol. The van der Waals surface area contributed by atoms with Crippen molar-refractivity contribution in [3.63, 3.8) is 0 Å². The quantitative estimate of drug-likeness (QED) is 0.822. The van der Waals surface area contributed by atoms with Crippen molar-refractivity contribution in [1.29, 1.82) is 0 Å². The summed E-state index contributed by atoms with van der Waals surface area (Å²) in [7, 11) is 0. The highest BCUT2D eigenvalue weighted by atomic mass is 19.1. The van der Waals surface area contributed by atoms with Gasteiger partial charge < -0.3 is 10.1 Å². The van der Waals surface area contributed by atoms with Gasteiger partial charge in [-0.15, -0.1) is 0 Å². The first kappa shape index (κ1) is 14.0. The Hall–Kier alpha value is -1.09. The molecule has 1 N–H and O–H groups in total. The summed E-state index contributed by atoms with van der Waals surface area (Å²) in [5.74, 6) is 0.388. The minimum Gasteiger partial charge on any atom is -0.490 e. The first-order chi connectivity index (χ1) is 8.02. The van der Waals surface area contributed by atoms with E-state index >= 15 is 0 Å². The summed E-state index contributed by atoms with van der Waals surface area (Å²) >= 11 is 0. The smallest absolute Gasteiger partial charge is 0.126 e. The Morgan fingerprint density at radius 2 is 2.06 bits per heavy atom. The molecule has 2 unspecified atom stereocenters. The van der Waals surface area contributed by atoms with Crippen molar-refractivity contribution in [2.45, 2.75) is 46.3 Å². The van der Waals surface area contributed by atoms with E-state index < -0.39 is 0 Å². The summed E-state index contributed by atoms with van der Waals surface area (Å²) in [6.45, 7) is 9.10. The largest absolute Gasteiger partial charge is 0.490 e. The van der Waals surface area contributed by atoms with Crippen LogP contribution in [0, 0.1) is 12.7 Å². The molecule has 0 bridgehead atoms.